The summed E-state index contributed by atoms with van der Waals surface area (Å²) in [7, 11) is -1.44. The predicted molar refractivity (Wildman–Crippen MR) is 136 cm³/mol. The maximum absolute atomic E-state index is 2.60. The fraction of sp³-hybridized carbons (Fsp3) is 0.407. The van der Waals surface area contributed by atoms with Crippen molar-refractivity contribution in [3.8, 4) is 11.1 Å². The third kappa shape index (κ3) is 6.76. The molecule has 0 saturated heterocycles. The van der Waals surface area contributed by atoms with Crippen molar-refractivity contribution in [3.63, 3.8) is 0 Å². The maximum atomic E-state index is 2.60. The smallest absolute Gasteiger partial charge is 1.00 e. The van der Waals surface area contributed by atoms with Crippen LogP contribution in [0.4, 0.5) is 0 Å². The minimum Gasteiger partial charge on any atom is -1.00 e. The number of halogens is 2. The third-order valence-corrected chi connectivity index (χ3v) is 16.9. The molecular weight excluding hydrogens is 547 g/mol. The van der Waals surface area contributed by atoms with Gasteiger partial charge in [0, 0.05) is 0 Å². The second kappa shape index (κ2) is 12.6. The summed E-state index contributed by atoms with van der Waals surface area (Å²) >= 11 is 1.47. The number of allylic oxidation sites excluding steroid dienone is 2. The van der Waals surface area contributed by atoms with Gasteiger partial charge in [0.25, 0.3) is 0 Å². The van der Waals surface area contributed by atoms with Crippen LogP contribution in [0.2, 0.25) is 13.1 Å². The molecule has 0 fully saturated rings. The minimum absolute atomic E-state index is 0. The summed E-state index contributed by atoms with van der Waals surface area (Å²) in [4.78, 5) is 0. The minimum atomic E-state index is -1.44. The number of benzene rings is 2. The zero-order chi connectivity index (χ0) is 21.9. The Morgan fingerprint density at radius 3 is 2.25 bits per heavy atom. The summed E-state index contributed by atoms with van der Waals surface area (Å²) < 4.78 is 3.30. The standard InChI is InChI=1S/C22H27SSi.C5H9.2ClH.Zr/c1-22(2,3)18-12-10-16(11-13-18)20-9-7-8-17-14-19(15-21(17)20)24(5,6)23-4;1-3-5-4-2;;;/h7-15H,1-6H3;1,3H,4-5H2,2H3;2*1H;/q;;;;+2/p-2. The van der Waals surface area contributed by atoms with E-state index in [-0.39, 0.29) is 30.2 Å². The van der Waals surface area contributed by atoms with Crippen LogP contribution in [0.15, 0.2) is 57.5 Å². The van der Waals surface area contributed by atoms with Gasteiger partial charge in [0.2, 0.25) is 0 Å². The molecule has 0 aromatic heterocycles. The van der Waals surface area contributed by atoms with Crippen LogP contribution in [0.5, 0.6) is 0 Å². The average molecular weight is 583 g/mol. The Hall–Kier alpha value is -0.0500. The Morgan fingerprint density at radius 1 is 1.03 bits per heavy atom. The fourth-order valence-electron chi connectivity index (χ4n) is 4.04. The number of fused-ring (bicyclic) bond motifs is 1. The number of rotatable bonds is 7. The van der Waals surface area contributed by atoms with Crippen molar-refractivity contribution in [1.29, 1.82) is 0 Å². The van der Waals surface area contributed by atoms with E-state index < -0.39 is 30.5 Å². The second-order valence-electron chi connectivity index (χ2n) is 9.74. The molecule has 0 bridgehead atoms. The van der Waals surface area contributed by atoms with Crippen LogP contribution >= 0.6 is 11.2 Å². The van der Waals surface area contributed by atoms with E-state index in [0.717, 1.165) is 0 Å². The van der Waals surface area contributed by atoms with Gasteiger partial charge >= 0.3 is 202 Å². The second-order valence-corrected chi connectivity index (χ2v) is 21.1. The molecule has 1 aliphatic carbocycles. The number of hydrogen-bond donors (Lipinski definition) is 0. The number of hydrogen-bond acceptors (Lipinski definition) is 1. The zero-order valence-electron chi connectivity index (χ0n) is 20.4. The zero-order valence-corrected chi connectivity index (χ0v) is 26.2. The molecule has 2 aromatic carbocycles. The monoisotopic (exact) mass is 580 g/mol. The van der Waals surface area contributed by atoms with Crippen LogP contribution in [-0.4, -0.2) is 13.5 Å². The molecule has 0 saturated carbocycles. The molecule has 2 aromatic rings. The van der Waals surface area contributed by atoms with Gasteiger partial charge in [-0.15, -0.1) is 0 Å². The molecule has 32 heavy (non-hydrogen) atoms. The largest absolute Gasteiger partial charge is 1.00 e. The molecule has 172 valence electrons. The van der Waals surface area contributed by atoms with Gasteiger partial charge in [-0.05, 0) is 0 Å². The Kier molecular flexibility index (Phi) is 11.8. The van der Waals surface area contributed by atoms with Crippen molar-refractivity contribution in [2.24, 2.45) is 0 Å². The first kappa shape index (κ1) is 30.0. The van der Waals surface area contributed by atoms with Gasteiger partial charge in [-0.1, -0.05) is 0 Å². The molecule has 0 aliphatic heterocycles. The molecule has 5 heteroatoms. The van der Waals surface area contributed by atoms with Gasteiger partial charge in [-0.25, -0.2) is 0 Å². The van der Waals surface area contributed by atoms with E-state index in [2.05, 4.69) is 117 Å². The first-order valence-corrected chi connectivity index (χ1v) is 18.9. The van der Waals surface area contributed by atoms with Crippen LogP contribution in [0.3, 0.4) is 0 Å². The maximum Gasteiger partial charge on any atom is -1.00 e. The van der Waals surface area contributed by atoms with Crippen molar-refractivity contribution in [2.75, 3.05) is 6.26 Å². The first-order chi connectivity index (χ1) is 14.2. The summed E-state index contributed by atoms with van der Waals surface area (Å²) in [5, 5.41) is 1.77. The van der Waals surface area contributed by atoms with Crippen LogP contribution < -0.4 is 24.8 Å². The van der Waals surface area contributed by atoms with E-state index in [4.69, 9.17) is 0 Å². The van der Waals surface area contributed by atoms with Crippen molar-refractivity contribution in [3.05, 3.63) is 74.2 Å². The molecule has 1 atom stereocenters. The fourth-order valence-corrected chi connectivity index (χ4v) is 13.7. The van der Waals surface area contributed by atoms with E-state index in [1.165, 1.54) is 35.1 Å². The molecule has 0 nitrogen and oxygen atoms in total. The first-order valence-electron chi connectivity index (χ1n) is 11.1. The molecular formula is C27H36Cl2SSiZr. The van der Waals surface area contributed by atoms with Gasteiger partial charge in [-0.2, -0.15) is 0 Å². The SMILES string of the molecule is CCCC=[CH][Zr+2][CH]1C([Si](C)(C)SC)=Cc2c(-c3ccc(C(C)(C)C)cc3)cccc21.[Cl-].[Cl-]. The Bertz CT molecular complexity index is 943. The Balaban J connectivity index is 0.00000256. The summed E-state index contributed by atoms with van der Waals surface area (Å²) in [6.45, 7) is 14.2. The summed E-state index contributed by atoms with van der Waals surface area (Å²) in [6.07, 6.45) is 9.84. The summed E-state index contributed by atoms with van der Waals surface area (Å²) in [5.74, 6) is 0. The molecule has 0 heterocycles. The third-order valence-electron chi connectivity index (χ3n) is 6.17. The van der Waals surface area contributed by atoms with Gasteiger partial charge in [-0.3, -0.25) is 0 Å². The quantitative estimate of drug-likeness (QED) is 0.453. The average Bonchev–Trinajstić information content (AvgIpc) is 3.10. The predicted octanol–water partition coefficient (Wildman–Crippen LogP) is 2.60. The van der Waals surface area contributed by atoms with Crippen LogP contribution in [-0.2, 0) is 28.6 Å². The Labute approximate surface area is 225 Å². The van der Waals surface area contributed by atoms with E-state index >= 15 is 0 Å². The van der Waals surface area contributed by atoms with E-state index in [9.17, 15) is 0 Å². The molecule has 1 unspecified atom stereocenters. The van der Waals surface area contributed by atoms with Crippen LogP contribution in [0.25, 0.3) is 17.2 Å². The van der Waals surface area contributed by atoms with Gasteiger partial charge in [0.15, 0.2) is 0 Å². The summed E-state index contributed by atoms with van der Waals surface area (Å²) in [5.41, 5.74) is 7.47. The van der Waals surface area contributed by atoms with Crippen molar-refractivity contribution in [1.82, 2.24) is 0 Å². The van der Waals surface area contributed by atoms with E-state index in [0.29, 0.717) is 3.63 Å². The number of unbranched alkanes of at least 4 members (excludes halogenated alkanes) is 1. The molecule has 3 rings (SSSR count). The summed E-state index contributed by atoms with van der Waals surface area (Å²) in [6, 6.07) is 16.3. The molecule has 0 spiro atoms. The molecule has 0 radical (unpaired) electrons. The molecule has 0 amide bonds. The van der Waals surface area contributed by atoms with Crippen LogP contribution in [0, 0.1) is 0 Å². The molecule has 0 N–H and O–H groups in total. The van der Waals surface area contributed by atoms with E-state index in [1.807, 2.05) is 0 Å². The van der Waals surface area contributed by atoms with Gasteiger partial charge in [0.05, 0.1) is 0 Å². The van der Waals surface area contributed by atoms with Crippen molar-refractivity contribution >= 4 is 24.5 Å². The van der Waals surface area contributed by atoms with Gasteiger partial charge < -0.3 is 24.8 Å². The van der Waals surface area contributed by atoms with Crippen molar-refractivity contribution < 1.29 is 48.0 Å². The van der Waals surface area contributed by atoms with Crippen LogP contribution in [0.1, 0.15) is 60.9 Å². The molecule has 1 aliphatic rings. The van der Waals surface area contributed by atoms with Gasteiger partial charge in [0.1, 0.15) is 0 Å². The van der Waals surface area contributed by atoms with E-state index in [1.54, 1.807) is 10.8 Å². The Morgan fingerprint density at radius 2 is 1.69 bits per heavy atom. The topological polar surface area (TPSA) is 0 Å². The normalized spacial score (nSPS) is 15.5. The van der Waals surface area contributed by atoms with Crippen molar-refractivity contribution in [2.45, 2.75) is 62.7 Å².